The van der Waals surface area contributed by atoms with Crippen molar-refractivity contribution in [3.05, 3.63) is 34.1 Å². The monoisotopic (exact) mass is 414 g/mol. The molecule has 6 heteroatoms. The van der Waals surface area contributed by atoms with E-state index in [0.717, 1.165) is 37.1 Å². The summed E-state index contributed by atoms with van der Waals surface area (Å²) >= 11 is 3.54. The standard InChI is InChI=1S/C16H24BrFN2.2ClH/c1-12(2)3-6-16(20-9-7-19-8-10-20)14-5-4-13(18)11-15(14)17;;/h4-5,11-12,16,19H,3,6-10H2,1-2H3;2*1H/t16-;;/m0../s1. The smallest absolute Gasteiger partial charge is 0.124 e. The summed E-state index contributed by atoms with van der Waals surface area (Å²) in [6, 6.07) is 5.48. The van der Waals surface area contributed by atoms with E-state index in [-0.39, 0.29) is 30.6 Å². The van der Waals surface area contributed by atoms with Crippen LogP contribution in [-0.4, -0.2) is 31.1 Å². The maximum Gasteiger partial charge on any atom is 0.124 e. The Hall–Kier alpha value is 0.130. The Morgan fingerprint density at radius 1 is 1.18 bits per heavy atom. The van der Waals surface area contributed by atoms with Crippen LogP contribution in [0.2, 0.25) is 0 Å². The lowest BCUT2D eigenvalue weighted by Gasteiger charge is -2.36. The predicted octanol–water partition coefficient (Wildman–Crippen LogP) is 4.81. The molecule has 2 rings (SSSR count). The lowest BCUT2D eigenvalue weighted by atomic mass is 9.95. The second kappa shape index (κ2) is 10.8. The molecule has 1 N–H and O–H groups in total. The predicted molar refractivity (Wildman–Crippen MR) is 99.9 cm³/mol. The lowest BCUT2D eigenvalue weighted by molar-refractivity contribution is 0.159. The molecule has 0 aliphatic carbocycles. The van der Waals surface area contributed by atoms with E-state index in [1.807, 2.05) is 6.07 Å². The Bertz CT molecular complexity index is 440. The number of benzene rings is 1. The summed E-state index contributed by atoms with van der Waals surface area (Å²) in [6.45, 7) is 8.72. The summed E-state index contributed by atoms with van der Waals surface area (Å²) in [4.78, 5) is 2.52. The fourth-order valence-corrected chi connectivity index (χ4v) is 3.41. The Kier molecular flexibility index (Phi) is 10.9. The molecule has 0 spiro atoms. The van der Waals surface area contributed by atoms with Crippen molar-refractivity contribution in [2.24, 2.45) is 5.92 Å². The lowest BCUT2D eigenvalue weighted by Crippen LogP contribution is -2.45. The van der Waals surface area contributed by atoms with Crippen LogP contribution in [0.3, 0.4) is 0 Å². The fourth-order valence-electron chi connectivity index (χ4n) is 2.79. The van der Waals surface area contributed by atoms with Crippen LogP contribution < -0.4 is 5.32 Å². The third-order valence-corrected chi connectivity index (χ3v) is 4.62. The minimum atomic E-state index is -0.177. The molecular weight excluding hydrogens is 390 g/mol. The summed E-state index contributed by atoms with van der Waals surface area (Å²) < 4.78 is 14.2. The molecule has 1 aromatic carbocycles. The van der Waals surface area contributed by atoms with E-state index in [0.29, 0.717) is 12.0 Å². The Labute approximate surface area is 154 Å². The number of nitrogens with one attached hydrogen (secondary N) is 1. The van der Waals surface area contributed by atoms with Crippen molar-refractivity contribution < 1.29 is 4.39 Å². The van der Waals surface area contributed by atoms with Crippen LogP contribution in [0.5, 0.6) is 0 Å². The molecule has 0 amide bonds. The number of nitrogens with zero attached hydrogens (tertiary/aromatic N) is 1. The normalized spacial score (nSPS) is 16.8. The quantitative estimate of drug-likeness (QED) is 0.741. The number of hydrogen-bond acceptors (Lipinski definition) is 2. The highest BCUT2D eigenvalue weighted by Gasteiger charge is 2.24. The van der Waals surface area contributed by atoms with Gasteiger partial charge in [0, 0.05) is 36.7 Å². The third kappa shape index (κ3) is 6.32. The van der Waals surface area contributed by atoms with Crippen LogP contribution in [-0.2, 0) is 0 Å². The van der Waals surface area contributed by atoms with Crippen molar-refractivity contribution in [1.29, 1.82) is 0 Å². The van der Waals surface area contributed by atoms with Crippen LogP contribution in [0.1, 0.15) is 38.3 Å². The zero-order valence-corrected chi connectivity index (χ0v) is 16.4. The van der Waals surface area contributed by atoms with Gasteiger partial charge in [-0.05, 0) is 36.5 Å². The molecule has 0 unspecified atom stereocenters. The molecule has 1 saturated heterocycles. The number of halogens is 4. The van der Waals surface area contributed by atoms with E-state index < -0.39 is 0 Å². The number of piperazine rings is 1. The van der Waals surface area contributed by atoms with Crippen LogP contribution >= 0.6 is 40.7 Å². The molecule has 0 aromatic heterocycles. The van der Waals surface area contributed by atoms with Gasteiger partial charge in [0.1, 0.15) is 5.82 Å². The third-order valence-electron chi connectivity index (χ3n) is 3.93. The highest BCUT2D eigenvalue weighted by Crippen LogP contribution is 2.33. The van der Waals surface area contributed by atoms with Gasteiger partial charge in [-0.3, -0.25) is 4.90 Å². The van der Waals surface area contributed by atoms with Crippen molar-refractivity contribution in [1.82, 2.24) is 10.2 Å². The summed E-state index contributed by atoms with van der Waals surface area (Å²) in [6.07, 6.45) is 2.32. The molecule has 0 bridgehead atoms. The first-order valence-electron chi connectivity index (χ1n) is 7.47. The largest absolute Gasteiger partial charge is 0.314 e. The molecule has 1 atom stereocenters. The molecule has 0 saturated carbocycles. The maximum absolute atomic E-state index is 13.3. The zero-order chi connectivity index (χ0) is 14.5. The van der Waals surface area contributed by atoms with Crippen LogP contribution in [0, 0.1) is 11.7 Å². The molecule has 0 radical (unpaired) electrons. The first-order chi connectivity index (χ1) is 9.58. The number of hydrogen-bond donors (Lipinski definition) is 1. The highest BCUT2D eigenvalue weighted by atomic mass is 79.9. The van der Waals surface area contributed by atoms with Gasteiger partial charge in [0.05, 0.1) is 0 Å². The molecule has 1 aliphatic heterocycles. The molecule has 1 aliphatic rings. The van der Waals surface area contributed by atoms with Crippen molar-refractivity contribution in [3.8, 4) is 0 Å². The van der Waals surface area contributed by atoms with E-state index in [1.54, 1.807) is 12.1 Å². The topological polar surface area (TPSA) is 15.3 Å². The van der Waals surface area contributed by atoms with Gasteiger partial charge in [0.15, 0.2) is 0 Å². The van der Waals surface area contributed by atoms with Crippen molar-refractivity contribution in [2.75, 3.05) is 26.2 Å². The summed E-state index contributed by atoms with van der Waals surface area (Å²) in [5.74, 6) is 0.517. The first kappa shape index (κ1) is 22.1. The van der Waals surface area contributed by atoms with Crippen molar-refractivity contribution in [3.63, 3.8) is 0 Å². The van der Waals surface area contributed by atoms with Crippen molar-refractivity contribution in [2.45, 2.75) is 32.7 Å². The average molecular weight is 416 g/mol. The van der Waals surface area contributed by atoms with Crippen molar-refractivity contribution >= 4 is 40.7 Å². The molecular formula is C16H26BrCl2FN2. The summed E-state index contributed by atoms with van der Waals surface area (Å²) in [5, 5.41) is 3.40. The maximum atomic E-state index is 13.3. The van der Waals surface area contributed by atoms with Gasteiger partial charge < -0.3 is 5.32 Å². The van der Waals surface area contributed by atoms with Crippen LogP contribution in [0.15, 0.2) is 22.7 Å². The highest BCUT2D eigenvalue weighted by molar-refractivity contribution is 9.10. The molecule has 2 nitrogen and oxygen atoms in total. The van der Waals surface area contributed by atoms with Crippen LogP contribution in [0.25, 0.3) is 0 Å². The van der Waals surface area contributed by atoms with E-state index in [4.69, 9.17) is 0 Å². The molecule has 128 valence electrons. The average Bonchev–Trinajstić information content (AvgIpc) is 2.42. The second-order valence-corrected chi connectivity index (χ2v) is 6.79. The van der Waals surface area contributed by atoms with E-state index >= 15 is 0 Å². The minimum absolute atomic E-state index is 0. The van der Waals surface area contributed by atoms with E-state index in [1.165, 1.54) is 12.0 Å². The zero-order valence-electron chi connectivity index (χ0n) is 13.1. The fraction of sp³-hybridized carbons (Fsp3) is 0.625. The number of rotatable bonds is 5. The molecule has 1 heterocycles. The second-order valence-electron chi connectivity index (χ2n) is 5.94. The van der Waals surface area contributed by atoms with Gasteiger partial charge in [-0.2, -0.15) is 0 Å². The molecule has 22 heavy (non-hydrogen) atoms. The van der Waals surface area contributed by atoms with Gasteiger partial charge in [-0.15, -0.1) is 24.8 Å². The van der Waals surface area contributed by atoms with E-state index in [9.17, 15) is 4.39 Å². The first-order valence-corrected chi connectivity index (χ1v) is 8.27. The Balaban J connectivity index is 0.00000220. The molecule has 1 fully saturated rings. The summed E-state index contributed by atoms with van der Waals surface area (Å²) in [7, 11) is 0. The Morgan fingerprint density at radius 3 is 2.36 bits per heavy atom. The minimum Gasteiger partial charge on any atom is -0.314 e. The van der Waals surface area contributed by atoms with Gasteiger partial charge in [-0.25, -0.2) is 4.39 Å². The van der Waals surface area contributed by atoms with Crippen LogP contribution in [0.4, 0.5) is 4.39 Å². The summed E-state index contributed by atoms with van der Waals surface area (Å²) in [5.41, 5.74) is 1.22. The van der Waals surface area contributed by atoms with E-state index in [2.05, 4.69) is 40.0 Å². The van der Waals surface area contributed by atoms with Gasteiger partial charge in [0.25, 0.3) is 0 Å². The van der Waals surface area contributed by atoms with Gasteiger partial charge in [-0.1, -0.05) is 35.8 Å². The van der Waals surface area contributed by atoms with Gasteiger partial charge >= 0.3 is 0 Å². The molecule has 1 aromatic rings. The SMILES string of the molecule is CC(C)CC[C@@H](c1ccc(F)cc1Br)N1CCNCC1.Cl.Cl. The van der Waals surface area contributed by atoms with Gasteiger partial charge in [0.2, 0.25) is 0 Å². The Morgan fingerprint density at radius 2 is 1.82 bits per heavy atom.